The Labute approximate surface area is 83.8 Å². The smallest absolute Gasteiger partial charge is 0.543 e. The number of hydrogen-bond acceptors (Lipinski definition) is 8. The maximum Gasteiger partial charge on any atom is 4.00 e. The molecule has 13 heavy (non-hydrogen) atoms. The summed E-state index contributed by atoms with van der Waals surface area (Å²) in [7, 11) is 0. The SMILES string of the molecule is O=C([O-])C(=O)[O-].O=C([O-])C(=O)[O-].[Os+4]. The van der Waals surface area contributed by atoms with E-state index in [1.54, 1.807) is 0 Å². The van der Waals surface area contributed by atoms with Gasteiger partial charge < -0.3 is 39.6 Å². The molecule has 0 bridgehead atoms. The molecule has 0 heterocycles. The van der Waals surface area contributed by atoms with E-state index in [9.17, 15) is 0 Å². The van der Waals surface area contributed by atoms with E-state index in [1.165, 1.54) is 0 Å². The topological polar surface area (TPSA) is 161 Å². The van der Waals surface area contributed by atoms with Gasteiger partial charge in [-0.05, 0) is 0 Å². The van der Waals surface area contributed by atoms with Crippen LogP contribution in [0.4, 0.5) is 0 Å². The van der Waals surface area contributed by atoms with E-state index in [-0.39, 0.29) is 19.8 Å². The summed E-state index contributed by atoms with van der Waals surface area (Å²) in [5, 5.41) is 35.7. The summed E-state index contributed by atoms with van der Waals surface area (Å²) < 4.78 is 0. The van der Waals surface area contributed by atoms with Gasteiger partial charge >= 0.3 is 19.8 Å². The van der Waals surface area contributed by atoms with Crippen molar-refractivity contribution in [2.24, 2.45) is 0 Å². The number of hydrogen-bond donors (Lipinski definition) is 0. The van der Waals surface area contributed by atoms with Crippen LogP contribution in [0.25, 0.3) is 0 Å². The third-order valence-electron chi connectivity index (χ3n) is 0.333. The summed E-state index contributed by atoms with van der Waals surface area (Å²) in [5.74, 6) is -8.74. The molecule has 0 rings (SSSR count). The first-order valence-corrected chi connectivity index (χ1v) is 2.13. The Morgan fingerprint density at radius 2 is 0.615 bits per heavy atom. The van der Waals surface area contributed by atoms with Crippen molar-refractivity contribution in [3.05, 3.63) is 0 Å². The van der Waals surface area contributed by atoms with Crippen LogP contribution in [0, 0.1) is 0 Å². The van der Waals surface area contributed by atoms with E-state index in [0.29, 0.717) is 0 Å². The molecule has 0 saturated carbocycles. The van der Waals surface area contributed by atoms with E-state index in [0.717, 1.165) is 0 Å². The molecule has 0 aliphatic rings. The zero-order valence-corrected chi connectivity index (χ0v) is 8.16. The third kappa shape index (κ3) is 18.0. The van der Waals surface area contributed by atoms with Gasteiger partial charge in [-0.15, -0.1) is 0 Å². The average molecular weight is 366 g/mol. The predicted molar refractivity (Wildman–Crippen MR) is 20.0 cm³/mol. The molecule has 0 spiro atoms. The molecular formula is C4O8Os. The van der Waals surface area contributed by atoms with E-state index < -0.39 is 23.9 Å². The zero-order valence-electron chi connectivity index (χ0n) is 5.62. The van der Waals surface area contributed by atoms with Gasteiger partial charge in [-0.25, -0.2) is 0 Å². The molecular weight excluding hydrogens is 366 g/mol. The van der Waals surface area contributed by atoms with Gasteiger partial charge in [0.25, 0.3) is 0 Å². The first-order chi connectivity index (χ1) is 5.29. The quantitative estimate of drug-likeness (QED) is 0.382. The molecule has 0 aliphatic heterocycles. The van der Waals surface area contributed by atoms with Crippen molar-refractivity contribution in [3.8, 4) is 0 Å². The average Bonchev–Trinajstić information content (AvgIpc) is 1.88. The van der Waals surface area contributed by atoms with Crippen LogP contribution >= 0.6 is 0 Å². The Balaban J connectivity index is -0.000000143. The first-order valence-electron chi connectivity index (χ1n) is 2.13. The van der Waals surface area contributed by atoms with Crippen LogP contribution in [0.1, 0.15) is 0 Å². The van der Waals surface area contributed by atoms with E-state index in [4.69, 9.17) is 39.6 Å². The molecule has 8 nitrogen and oxygen atoms in total. The minimum Gasteiger partial charge on any atom is -0.543 e. The summed E-state index contributed by atoms with van der Waals surface area (Å²) in [6.45, 7) is 0. The molecule has 0 atom stereocenters. The van der Waals surface area contributed by atoms with Gasteiger partial charge in [-0.3, -0.25) is 0 Å². The molecule has 0 amide bonds. The predicted octanol–water partition coefficient (Wildman–Crippen LogP) is -7.03. The summed E-state index contributed by atoms with van der Waals surface area (Å²) in [5.41, 5.74) is 0. The molecule has 0 saturated heterocycles. The van der Waals surface area contributed by atoms with Crippen molar-refractivity contribution < 1.29 is 59.4 Å². The van der Waals surface area contributed by atoms with Gasteiger partial charge in [-0.1, -0.05) is 0 Å². The van der Waals surface area contributed by atoms with Crippen molar-refractivity contribution in [2.75, 3.05) is 0 Å². The summed E-state index contributed by atoms with van der Waals surface area (Å²) >= 11 is 0. The normalized spacial score (nSPS) is 6.77. The van der Waals surface area contributed by atoms with Crippen LogP contribution in [0.2, 0.25) is 0 Å². The fourth-order valence-corrected chi connectivity index (χ4v) is 0. The number of rotatable bonds is 0. The van der Waals surface area contributed by atoms with Gasteiger partial charge in [0.05, 0.1) is 23.9 Å². The number of carbonyl (C=O) groups excluding carboxylic acids is 4. The fraction of sp³-hybridized carbons (Fsp3) is 0. The van der Waals surface area contributed by atoms with Crippen molar-refractivity contribution in [2.45, 2.75) is 0 Å². The second-order valence-electron chi connectivity index (χ2n) is 1.15. The Kier molecular flexibility index (Phi) is 11.6. The number of carboxylic acids is 4. The molecule has 72 valence electrons. The Morgan fingerprint density at radius 3 is 0.615 bits per heavy atom. The number of carboxylic acid groups (broad SMARTS) is 4. The van der Waals surface area contributed by atoms with Gasteiger partial charge in [-0.2, -0.15) is 0 Å². The van der Waals surface area contributed by atoms with Crippen molar-refractivity contribution in [3.63, 3.8) is 0 Å². The van der Waals surface area contributed by atoms with Gasteiger partial charge in [0.2, 0.25) is 0 Å². The standard InChI is InChI=1S/2C2H2O4.Os/c2*3-1(4)2(5)6;/h2*(H,3,4)(H,5,6);/q;;+4/p-4. The van der Waals surface area contributed by atoms with Crippen molar-refractivity contribution in [1.82, 2.24) is 0 Å². The van der Waals surface area contributed by atoms with Crippen molar-refractivity contribution >= 4 is 23.9 Å². The number of carbonyl (C=O) groups is 4. The monoisotopic (exact) mass is 368 g/mol. The summed E-state index contributed by atoms with van der Waals surface area (Å²) in [6, 6.07) is 0. The molecule has 0 aromatic carbocycles. The molecule has 0 aromatic rings. The molecule has 0 aromatic heterocycles. The van der Waals surface area contributed by atoms with Crippen LogP contribution in [-0.4, -0.2) is 23.9 Å². The number of aliphatic carboxylic acids is 4. The molecule has 0 N–H and O–H groups in total. The molecule has 0 unspecified atom stereocenters. The van der Waals surface area contributed by atoms with Crippen LogP contribution in [0.5, 0.6) is 0 Å². The van der Waals surface area contributed by atoms with Crippen LogP contribution in [-0.2, 0) is 39.0 Å². The summed E-state index contributed by atoms with van der Waals surface area (Å²) in [6.07, 6.45) is 0. The van der Waals surface area contributed by atoms with Gasteiger partial charge in [0.1, 0.15) is 0 Å². The Bertz CT molecular complexity index is 172. The molecule has 9 heteroatoms. The Morgan fingerprint density at radius 1 is 0.538 bits per heavy atom. The summed E-state index contributed by atoms with van der Waals surface area (Å²) in [4.78, 5) is 35.7. The minimum atomic E-state index is -2.19. The van der Waals surface area contributed by atoms with Gasteiger partial charge in [0.15, 0.2) is 0 Å². The minimum absolute atomic E-state index is 0. The molecule has 0 aliphatic carbocycles. The second-order valence-corrected chi connectivity index (χ2v) is 1.15. The van der Waals surface area contributed by atoms with Gasteiger partial charge in [0, 0.05) is 0 Å². The molecule has 0 radical (unpaired) electrons. The van der Waals surface area contributed by atoms with E-state index in [1.807, 2.05) is 0 Å². The van der Waals surface area contributed by atoms with Crippen LogP contribution in [0.3, 0.4) is 0 Å². The zero-order chi connectivity index (χ0) is 10.3. The fourth-order valence-electron chi connectivity index (χ4n) is 0. The third-order valence-corrected chi connectivity index (χ3v) is 0.333. The van der Waals surface area contributed by atoms with Crippen molar-refractivity contribution in [1.29, 1.82) is 0 Å². The largest absolute Gasteiger partial charge is 4.00 e. The van der Waals surface area contributed by atoms with E-state index in [2.05, 4.69) is 0 Å². The maximum absolute atomic E-state index is 8.93. The van der Waals surface area contributed by atoms with Crippen LogP contribution in [0.15, 0.2) is 0 Å². The Hall–Kier alpha value is -1.48. The molecule has 0 fully saturated rings. The first kappa shape index (κ1) is 17.6. The maximum atomic E-state index is 8.93. The van der Waals surface area contributed by atoms with E-state index >= 15 is 0 Å². The van der Waals surface area contributed by atoms with Crippen LogP contribution < -0.4 is 20.4 Å². The second kappa shape index (κ2) is 8.61.